The van der Waals surface area contributed by atoms with Crippen LogP contribution in [0.2, 0.25) is 0 Å². The molecule has 1 heterocycles. The molecule has 2 aromatic rings. The van der Waals surface area contributed by atoms with Crippen molar-refractivity contribution in [3.05, 3.63) is 59.7 Å². The molecule has 0 unspecified atom stereocenters. The summed E-state index contributed by atoms with van der Waals surface area (Å²) in [6, 6.07) is 14.0. The molecule has 120 valence electrons. The molecule has 3 rings (SSSR count). The Labute approximate surface area is 136 Å². The van der Waals surface area contributed by atoms with E-state index in [1.807, 2.05) is 18.2 Å². The maximum atomic E-state index is 12.7. The third-order valence-corrected chi connectivity index (χ3v) is 5.43. The summed E-state index contributed by atoms with van der Waals surface area (Å²) >= 11 is 0. The van der Waals surface area contributed by atoms with Crippen LogP contribution in [0.4, 0.5) is 5.69 Å². The number of hydrogen-bond acceptors (Lipinski definition) is 3. The Bertz CT molecular complexity index is 832. The van der Waals surface area contributed by atoms with Gasteiger partial charge >= 0.3 is 0 Å². The van der Waals surface area contributed by atoms with Crippen molar-refractivity contribution in [2.24, 2.45) is 0 Å². The number of sulfonamides is 1. The first-order chi connectivity index (χ1) is 11.0. The standard InChI is InChI=1S/C17H18N2O3S/c1-18-23(21,22)15-9-10-16-14(12-15)8-5-11-19(16)17(20)13-6-3-2-4-7-13/h2-4,6-7,9-10,12,18H,5,8,11H2,1H3. The van der Waals surface area contributed by atoms with Crippen molar-refractivity contribution in [2.45, 2.75) is 17.7 Å². The highest BCUT2D eigenvalue weighted by molar-refractivity contribution is 7.89. The molecule has 6 heteroatoms. The SMILES string of the molecule is CNS(=O)(=O)c1ccc2c(c1)CCCN2C(=O)c1ccccc1. The molecule has 0 atom stereocenters. The van der Waals surface area contributed by atoms with Gasteiger partial charge in [-0.05, 0) is 55.8 Å². The number of anilines is 1. The van der Waals surface area contributed by atoms with Gasteiger partial charge in [0.1, 0.15) is 0 Å². The van der Waals surface area contributed by atoms with E-state index in [-0.39, 0.29) is 10.8 Å². The van der Waals surface area contributed by atoms with Crippen LogP contribution in [-0.4, -0.2) is 27.9 Å². The third kappa shape index (κ3) is 3.00. The van der Waals surface area contributed by atoms with Crippen LogP contribution >= 0.6 is 0 Å². The summed E-state index contributed by atoms with van der Waals surface area (Å²) in [5.41, 5.74) is 2.31. The van der Waals surface area contributed by atoms with E-state index in [0.29, 0.717) is 12.1 Å². The number of nitrogens with zero attached hydrogens (tertiary/aromatic N) is 1. The molecule has 2 aromatic carbocycles. The predicted octanol–water partition coefficient (Wildman–Crippen LogP) is 2.19. The van der Waals surface area contributed by atoms with E-state index in [1.165, 1.54) is 7.05 Å². The van der Waals surface area contributed by atoms with Gasteiger partial charge in [-0.15, -0.1) is 0 Å². The van der Waals surface area contributed by atoms with E-state index in [0.717, 1.165) is 24.1 Å². The Morgan fingerprint density at radius 2 is 1.87 bits per heavy atom. The second-order valence-electron chi connectivity index (χ2n) is 5.42. The zero-order valence-electron chi connectivity index (χ0n) is 12.8. The Balaban J connectivity index is 1.99. The molecular formula is C17H18N2O3S. The van der Waals surface area contributed by atoms with Gasteiger partial charge in [0.2, 0.25) is 10.0 Å². The van der Waals surface area contributed by atoms with E-state index in [9.17, 15) is 13.2 Å². The van der Waals surface area contributed by atoms with Gasteiger partial charge in [0, 0.05) is 17.8 Å². The maximum Gasteiger partial charge on any atom is 0.258 e. The first-order valence-electron chi connectivity index (χ1n) is 7.46. The molecule has 0 bridgehead atoms. The summed E-state index contributed by atoms with van der Waals surface area (Å²) in [5, 5.41) is 0. The second kappa shape index (κ2) is 6.14. The maximum absolute atomic E-state index is 12.7. The number of amides is 1. The highest BCUT2D eigenvalue weighted by atomic mass is 32.2. The Morgan fingerprint density at radius 1 is 1.13 bits per heavy atom. The van der Waals surface area contributed by atoms with Crippen molar-refractivity contribution in [2.75, 3.05) is 18.5 Å². The third-order valence-electron chi connectivity index (χ3n) is 4.01. The van der Waals surface area contributed by atoms with Gasteiger partial charge < -0.3 is 4.90 Å². The summed E-state index contributed by atoms with van der Waals surface area (Å²) < 4.78 is 26.2. The largest absolute Gasteiger partial charge is 0.308 e. The lowest BCUT2D eigenvalue weighted by Crippen LogP contribution is -2.35. The summed E-state index contributed by atoms with van der Waals surface area (Å²) in [6.45, 7) is 0.638. The number of carbonyl (C=O) groups excluding carboxylic acids is 1. The highest BCUT2D eigenvalue weighted by Gasteiger charge is 2.25. The normalized spacial score (nSPS) is 14.4. The fourth-order valence-corrected chi connectivity index (χ4v) is 3.59. The summed E-state index contributed by atoms with van der Waals surface area (Å²) in [4.78, 5) is 14.7. The number of rotatable bonds is 3. The minimum Gasteiger partial charge on any atom is -0.308 e. The van der Waals surface area contributed by atoms with Gasteiger partial charge in [-0.1, -0.05) is 18.2 Å². The van der Waals surface area contributed by atoms with Crippen molar-refractivity contribution in [1.82, 2.24) is 4.72 Å². The Kier molecular flexibility index (Phi) is 4.19. The van der Waals surface area contributed by atoms with Gasteiger partial charge in [0.15, 0.2) is 0 Å². The summed E-state index contributed by atoms with van der Waals surface area (Å²) in [6.07, 6.45) is 1.58. The van der Waals surface area contributed by atoms with Gasteiger partial charge in [0.25, 0.3) is 5.91 Å². The second-order valence-corrected chi connectivity index (χ2v) is 7.31. The van der Waals surface area contributed by atoms with Gasteiger partial charge in [-0.25, -0.2) is 13.1 Å². The highest BCUT2D eigenvalue weighted by Crippen LogP contribution is 2.30. The lowest BCUT2D eigenvalue weighted by Gasteiger charge is -2.30. The molecule has 0 aromatic heterocycles. The minimum atomic E-state index is -3.48. The molecule has 23 heavy (non-hydrogen) atoms. The van der Waals surface area contributed by atoms with Crippen LogP contribution in [0, 0.1) is 0 Å². The molecule has 0 radical (unpaired) electrons. The van der Waals surface area contributed by atoms with Crippen molar-refractivity contribution in [3.63, 3.8) is 0 Å². The van der Waals surface area contributed by atoms with Crippen molar-refractivity contribution in [1.29, 1.82) is 0 Å². The average Bonchev–Trinajstić information content (AvgIpc) is 2.60. The summed E-state index contributed by atoms with van der Waals surface area (Å²) in [7, 11) is -2.09. The van der Waals surface area contributed by atoms with Crippen LogP contribution in [0.5, 0.6) is 0 Å². The van der Waals surface area contributed by atoms with Crippen LogP contribution in [0.15, 0.2) is 53.4 Å². The van der Waals surface area contributed by atoms with E-state index >= 15 is 0 Å². The Hall–Kier alpha value is -2.18. The first kappa shape index (κ1) is 15.7. The molecule has 0 saturated carbocycles. The van der Waals surface area contributed by atoms with E-state index in [4.69, 9.17) is 0 Å². The number of fused-ring (bicyclic) bond motifs is 1. The molecule has 5 nitrogen and oxygen atoms in total. The number of nitrogens with one attached hydrogen (secondary N) is 1. The lowest BCUT2D eigenvalue weighted by molar-refractivity contribution is 0.0985. The molecule has 0 saturated heterocycles. The van der Waals surface area contributed by atoms with E-state index in [2.05, 4.69) is 4.72 Å². The molecular weight excluding hydrogens is 312 g/mol. The fourth-order valence-electron chi connectivity index (χ4n) is 2.81. The predicted molar refractivity (Wildman–Crippen MR) is 89.1 cm³/mol. The molecule has 0 fully saturated rings. The zero-order valence-corrected chi connectivity index (χ0v) is 13.6. The smallest absolute Gasteiger partial charge is 0.258 e. The molecule has 0 aliphatic carbocycles. The first-order valence-corrected chi connectivity index (χ1v) is 8.94. The van der Waals surface area contributed by atoms with Crippen LogP contribution < -0.4 is 9.62 Å². The molecule has 1 N–H and O–H groups in total. The van der Waals surface area contributed by atoms with Gasteiger partial charge in [-0.3, -0.25) is 4.79 Å². The number of aryl methyl sites for hydroxylation is 1. The molecule has 0 spiro atoms. The van der Waals surface area contributed by atoms with Crippen LogP contribution in [0.25, 0.3) is 0 Å². The molecule has 1 aliphatic heterocycles. The number of carbonyl (C=O) groups is 1. The fraction of sp³-hybridized carbons (Fsp3) is 0.235. The van der Waals surface area contributed by atoms with Crippen molar-refractivity contribution >= 4 is 21.6 Å². The summed E-state index contributed by atoms with van der Waals surface area (Å²) in [5.74, 6) is -0.0595. The topological polar surface area (TPSA) is 66.5 Å². The van der Waals surface area contributed by atoms with Gasteiger partial charge in [-0.2, -0.15) is 0 Å². The van der Waals surface area contributed by atoms with E-state index in [1.54, 1.807) is 35.2 Å². The van der Waals surface area contributed by atoms with Crippen LogP contribution in [0.3, 0.4) is 0 Å². The van der Waals surface area contributed by atoms with Crippen LogP contribution in [0.1, 0.15) is 22.3 Å². The van der Waals surface area contributed by atoms with Crippen molar-refractivity contribution < 1.29 is 13.2 Å². The average molecular weight is 330 g/mol. The monoisotopic (exact) mass is 330 g/mol. The number of hydrogen-bond donors (Lipinski definition) is 1. The van der Waals surface area contributed by atoms with E-state index < -0.39 is 10.0 Å². The minimum absolute atomic E-state index is 0.0595. The quantitative estimate of drug-likeness (QED) is 0.938. The molecule has 1 aliphatic rings. The number of benzene rings is 2. The molecule has 1 amide bonds. The zero-order chi connectivity index (χ0) is 16.4. The van der Waals surface area contributed by atoms with Crippen LogP contribution in [-0.2, 0) is 16.4 Å². The Morgan fingerprint density at radius 3 is 2.57 bits per heavy atom. The van der Waals surface area contributed by atoms with Crippen molar-refractivity contribution in [3.8, 4) is 0 Å². The lowest BCUT2D eigenvalue weighted by atomic mass is 10.0. The van der Waals surface area contributed by atoms with Gasteiger partial charge in [0.05, 0.1) is 4.90 Å².